The molecule has 0 unspecified atom stereocenters. The normalized spacial score (nSPS) is 11.6. The van der Waals surface area contributed by atoms with Crippen LogP contribution in [0.25, 0.3) is 0 Å². The lowest BCUT2D eigenvalue weighted by Crippen LogP contribution is -2.14. The average Bonchev–Trinajstić information content (AvgIpc) is 2.81. The number of aromatic amines is 1. The van der Waals surface area contributed by atoms with Gasteiger partial charge in [0.1, 0.15) is 18.1 Å². The fraction of sp³-hybridized carbons (Fsp3) is 0.429. The number of aromatic nitrogens is 3. The number of H-pyrrole nitrogens is 1. The third-order valence-corrected chi connectivity index (χ3v) is 3.32. The quantitative estimate of drug-likeness (QED) is 0.933. The maximum absolute atomic E-state index is 6.21. The van der Waals surface area contributed by atoms with Gasteiger partial charge in [-0.3, -0.25) is 0 Å². The molecular weight excluding hydrogens is 262 g/mol. The Hall–Kier alpha value is -1.55. The third-order valence-electron chi connectivity index (χ3n) is 2.91. The summed E-state index contributed by atoms with van der Waals surface area (Å²) in [5.41, 5.74) is 2.83. The molecule has 19 heavy (non-hydrogen) atoms. The molecule has 0 atom stereocenters. The maximum Gasteiger partial charge on any atom is 0.134 e. The minimum absolute atomic E-state index is 0.0313. The molecule has 2 rings (SSSR count). The van der Waals surface area contributed by atoms with Crippen LogP contribution in [0.15, 0.2) is 18.3 Å². The first-order valence-corrected chi connectivity index (χ1v) is 6.54. The third kappa shape index (κ3) is 3.26. The van der Waals surface area contributed by atoms with Gasteiger partial charge in [-0.1, -0.05) is 32.4 Å². The van der Waals surface area contributed by atoms with E-state index in [1.165, 1.54) is 0 Å². The summed E-state index contributed by atoms with van der Waals surface area (Å²) in [6.07, 6.45) is 1.65. The molecule has 0 aliphatic carbocycles. The number of nitrogens with zero attached hydrogens (tertiary/aromatic N) is 2. The second-order valence-electron chi connectivity index (χ2n) is 5.60. The van der Waals surface area contributed by atoms with E-state index in [2.05, 4.69) is 36.2 Å². The van der Waals surface area contributed by atoms with Gasteiger partial charge in [0, 0.05) is 10.6 Å². The van der Waals surface area contributed by atoms with Gasteiger partial charge in [-0.25, -0.2) is 0 Å². The number of ether oxygens (including phenoxy) is 1. The zero-order valence-corrected chi connectivity index (χ0v) is 12.4. The first-order chi connectivity index (χ1) is 8.88. The van der Waals surface area contributed by atoms with E-state index in [1.807, 2.05) is 19.1 Å². The Morgan fingerprint density at radius 3 is 2.63 bits per heavy atom. The van der Waals surface area contributed by atoms with E-state index >= 15 is 0 Å². The molecule has 2 aromatic rings. The van der Waals surface area contributed by atoms with E-state index in [1.54, 1.807) is 6.20 Å². The number of halogens is 1. The lowest BCUT2D eigenvalue weighted by Gasteiger charge is -2.23. The number of benzene rings is 1. The molecule has 4 nitrogen and oxygen atoms in total. The lowest BCUT2D eigenvalue weighted by atomic mass is 9.86. The number of aryl methyl sites for hydroxylation is 1. The van der Waals surface area contributed by atoms with Gasteiger partial charge in [-0.2, -0.15) is 15.4 Å². The summed E-state index contributed by atoms with van der Waals surface area (Å²) in [6.45, 7) is 8.77. The van der Waals surface area contributed by atoms with Gasteiger partial charge in [0.2, 0.25) is 0 Å². The molecule has 1 N–H and O–H groups in total. The SMILES string of the molecule is Cc1cc(OCc2cn[nH]n2)c(C(C)(C)C)cc1Cl. The zero-order chi connectivity index (χ0) is 14.0. The van der Waals surface area contributed by atoms with E-state index in [-0.39, 0.29) is 5.41 Å². The Kier molecular flexibility index (Phi) is 3.80. The summed E-state index contributed by atoms with van der Waals surface area (Å²) in [5.74, 6) is 0.845. The number of hydrogen-bond donors (Lipinski definition) is 1. The Bertz CT molecular complexity index is 559. The molecule has 1 aromatic heterocycles. The van der Waals surface area contributed by atoms with Crippen LogP contribution in [0.5, 0.6) is 5.75 Å². The Labute approximate surface area is 118 Å². The fourth-order valence-corrected chi connectivity index (χ4v) is 1.97. The molecular formula is C14H18ClN3O. The van der Waals surface area contributed by atoms with Gasteiger partial charge in [0.15, 0.2) is 0 Å². The van der Waals surface area contributed by atoms with Crippen LogP contribution in [0.2, 0.25) is 5.02 Å². The number of hydrogen-bond acceptors (Lipinski definition) is 3. The molecule has 102 valence electrons. The topological polar surface area (TPSA) is 50.8 Å². The zero-order valence-electron chi connectivity index (χ0n) is 11.6. The van der Waals surface area contributed by atoms with Gasteiger partial charge in [0.25, 0.3) is 0 Å². The summed E-state index contributed by atoms with van der Waals surface area (Å²) < 4.78 is 5.86. The average molecular weight is 280 g/mol. The summed E-state index contributed by atoms with van der Waals surface area (Å²) in [5, 5.41) is 11.1. The number of rotatable bonds is 3. The predicted molar refractivity (Wildman–Crippen MR) is 75.6 cm³/mol. The minimum Gasteiger partial charge on any atom is -0.487 e. The van der Waals surface area contributed by atoms with Crippen molar-refractivity contribution in [1.29, 1.82) is 0 Å². The van der Waals surface area contributed by atoms with Crippen LogP contribution >= 0.6 is 11.6 Å². The van der Waals surface area contributed by atoms with Crippen LogP contribution in [-0.4, -0.2) is 15.4 Å². The molecule has 0 radical (unpaired) electrons. The van der Waals surface area contributed by atoms with Crippen LogP contribution in [0.1, 0.15) is 37.6 Å². The fourth-order valence-electron chi connectivity index (χ4n) is 1.81. The van der Waals surface area contributed by atoms with Crippen LogP contribution in [0.4, 0.5) is 0 Å². The summed E-state index contributed by atoms with van der Waals surface area (Å²) in [4.78, 5) is 0. The van der Waals surface area contributed by atoms with Crippen molar-refractivity contribution in [2.45, 2.75) is 39.7 Å². The molecule has 1 aromatic carbocycles. The van der Waals surface area contributed by atoms with Crippen LogP contribution in [-0.2, 0) is 12.0 Å². The molecule has 0 bridgehead atoms. The molecule has 0 fully saturated rings. The van der Waals surface area contributed by atoms with Gasteiger partial charge < -0.3 is 4.74 Å². The molecule has 1 heterocycles. The predicted octanol–water partition coefficient (Wildman–Crippen LogP) is 3.64. The van der Waals surface area contributed by atoms with Gasteiger partial charge in [-0.05, 0) is 30.0 Å². The Morgan fingerprint density at radius 1 is 1.32 bits per heavy atom. The van der Waals surface area contributed by atoms with Crippen molar-refractivity contribution in [2.75, 3.05) is 0 Å². The molecule has 0 aliphatic rings. The number of nitrogens with one attached hydrogen (secondary N) is 1. The van der Waals surface area contributed by atoms with Crippen molar-refractivity contribution < 1.29 is 4.74 Å². The van der Waals surface area contributed by atoms with Gasteiger partial charge in [0.05, 0.1) is 6.20 Å². The van der Waals surface area contributed by atoms with Crippen molar-refractivity contribution in [2.24, 2.45) is 0 Å². The smallest absolute Gasteiger partial charge is 0.134 e. The largest absolute Gasteiger partial charge is 0.487 e. The summed E-state index contributed by atoms with van der Waals surface area (Å²) in [6, 6.07) is 3.96. The monoisotopic (exact) mass is 279 g/mol. The van der Waals surface area contributed by atoms with E-state index in [0.717, 1.165) is 27.6 Å². The minimum atomic E-state index is -0.0313. The maximum atomic E-state index is 6.21. The van der Waals surface area contributed by atoms with Crippen LogP contribution < -0.4 is 4.74 Å². The van der Waals surface area contributed by atoms with Crippen LogP contribution in [0, 0.1) is 6.92 Å². The van der Waals surface area contributed by atoms with Crippen molar-refractivity contribution in [3.63, 3.8) is 0 Å². The van der Waals surface area contributed by atoms with E-state index in [9.17, 15) is 0 Å². The van der Waals surface area contributed by atoms with E-state index < -0.39 is 0 Å². The van der Waals surface area contributed by atoms with Gasteiger partial charge in [-0.15, -0.1) is 0 Å². The Morgan fingerprint density at radius 2 is 2.05 bits per heavy atom. The lowest BCUT2D eigenvalue weighted by molar-refractivity contribution is 0.292. The van der Waals surface area contributed by atoms with E-state index in [0.29, 0.717) is 6.61 Å². The molecule has 0 saturated heterocycles. The molecule has 0 saturated carbocycles. The standard InChI is InChI=1S/C14H18ClN3O/c1-9-5-13(19-8-10-7-16-18-17-10)11(6-12(9)15)14(2,3)4/h5-7H,8H2,1-4H3,(H,16,17,18). The second-order valence-corrected chi connectivity index (χ2v) is 6.00. The highest BCUT2D eigenvalue weighted by atomic mass is 35.5. The highest BCUT2D eigenvalue weighted by Crippen LogP contribution is 2.35. The molecule has 0 amide bonds. The van der Waals surface area contributed by atoms with Crippen LogP contribution in [0.3, 0.4) is 0 Å². The molecule has 0 aliphatic heterocycles. The van der Waals surface area contributed by atoms with E-state index in [4.69, 9.17) is 16.3 Å². The van der Waals surface area contributed by atoms with Crippen molar-refractivity contribution in [3.8, 4) is 5.75 Å². The Balaban J connectivity index is 2.30. The van der Waals surface area contributed by atoms with Crippen molar-refractivity contribution in [3.05, 3.63) is 40.2 Å². The summed E-state index contributed by atoms with van der Waals surface area (Å²) in [7, 11) is 0. The molecule has 5 heteroatoms. The molecule has 0 spiro atoms. The van der Waals surface area contributed by atoms with Gasteiger partial charge >= 0.3 is 0 Å². The first-order valence-electron chi connectivity index (χ1n) is 6.16. The summed E-state index contributed by atoms with van der Waals surface area (Å²) >= 11 is 6.21. The highest BCUT2D eigenvalue weighted by molar-refractivity contribution is 6.31. The highest BCUT2D eigenvalue weighted by Gasteiger charge is 2.20. The van der Waals surface area contributed by atoms with Crippen molar-refractivity contribution >= 4 is 11.6 Å². The second kappa shape index (κ2) is 5.21. The first kappa shape index (κ1) is 13.9. The van der Waals surface area contributed by atoms with Crippen molar-refractivity contribution in [1.82, 2.24) is 15.4 Å².